The molecular formula is C14H19N3O2. The number of benzene rings is 1. The summed E-state index contributed by atoms with van der Waals surface area (Å²) >= 11 is 0. The molecule has 0 aliphatic carbocycles. The lowest BCUT2D eigenvalue weighted by atomic mass is 10.1. The van der Waals surface area contributed by atoms with E-state index in [2.05, 4.69) is 6.07 Å². The molecule has 0 saturated carbocycles. The minimum atomic E-state index is -0.170. The van der Waals surface area contributed by atoms with Crippen LogP contribution in [0.2, 0.25) is 0 Å². The number of nitrogens with zero attached hydrogens (tertiary/aromatic N) is 2. The first-order valence-corrected chi connectivity index (χ1v) is 6.17. The smallest absolute Gasteiger partial charge is 0.254 e. The average molecular weight is 261 g/mol. The highest BCUT2D eigenvalue weighted by molar-refractivity contribution is 5.95. The topological polar surface area (TPSA) is 79.3 Å². The van der Waals surface area contributed by atoms with Gasteiger partial charge in [0.2, 0.25) is 0 Å². The number of hydrogen-bond acceptors (Lipinski definition) is 4. The first-order chi connectivity index (χ1) is 8.99. The first-order valence-electron chi connectivity index (χ1n) is 6.17. The number of nitriles is 1. The summed E-state index contributed by atoms with van der Waals surface area (Å²) < 4.78 is 5.36. The summed E-state index contributed by atoms with van der Waals surface area (Å²) in [7, 11) is 1.67. The van der Waals surface area contributed by atoms with Crippen molar-refractivity contribution in [3.05, 3.63) is 23.8 Å². The van der Waals surface area contributed by atoms with Gasteiger partial charge in [0.05, 0.1) is 19.1 Å². The van der Waals surface area contributed by atoms with Gasteiger partial charge in [-0.15, -0.1) is 0 Å². The second-order valence-electron chi connectivity index (χ2n) is 4.35. The lowest BCUT2D eigenvalue weighted by molar-refractivity contribution is 0.0746. The standard InChI is InChI=1S/C14H19N3O2/c1-4-19-13-8-11(7-12(16)9-13)14(18)17(3)10(2)5-6-15/h7-10H,4-5,16H2,1-3H3. The van der Waals surface area contributed by atoms with Gasteiger partial charge in [-0.2, -0.15) is 5.26 Å². The molecule has 102 valence electrons. The van der Waals surface area contributed by atoms with Gasteiger partial charge in [-0.25, -0.2) is 0 Å². The summed E-state index contributed by atoms with van der Waals surface area (Å²) in [5.74, 6) is 0.406. The van der Waals surface area contributed by atoms with E-state index in [1.165, 1.54) is 4.90 Å². The number of carbonyl (C=O) groups excluding carboxylic acids is 1. The number of amides is 1. The molecule has 1 amide bonds. The number of hydrogen-bond donors (Lipinski definition) is 1. The van der Waals surface area contributed by atoms with E-state index in [4.69, 9.17) is 15.7 Å². The third-order valence-corrected chi connectivity index (χ3v) is 2.86. The zero-order chi connectivity index (χ0) is 14.4. The minimum absolute atomic E-state index is 0.144. The second kappa shape index (κ2) is 6.64. The van der Waals surface area contributed by atoms with Crippen molar-refractivity contribution in [3.8, 4) is 11.8 Å². The fraction of sp³-hybridized carbons (Fsp3) is 0.429. The highest BCUT2D eigenvalue weighted by Crippen LogP contribution is 2.20. The molecular weight excluding hydrogens is 242 g/mol. The Morgan fingerprint density at radius 1 is 1.53 bits per heavy atom. The Bertz CT molecular complexity index is 494. The molecule has 1 aromatic carbocycles. The molecule has 1 atom stereocenters. The SMILES string of the molecule is CCOc1cc(N)cc(C(=O)N(C)C(C)CC#N)c1. The van der Waals surface area contributed by atoms with E-state index in [0.29, 0.717) is 30.0 Å². The Morgan fingerprint density at radius 2 is 2.21 bits per heavy atom. The lowest BCUT2D eigenvalue weighted by Crippen LogP contribution is -2.34. The molecule has 1 aromatic rings. The van der Waals surface area contributed by atoms with Crippen LogP contribution in [0.15, 0.2) is 18.2 Å². The Morgan fingerprint density at radius 3 is 2.79 bits per heavy atom. The van der Waals surface area contributed by atoms with Gasteiger partial charge in [0.25, 0.3) is 5.91 Å². The number of nitrogens with two attached hydrogens (primary N) is 1. The first kappa shape index (κ1) is 14.8. The summed E-state index contributed by atoms with van der Waals surface area (Å²) in [4.78, 5) is 13.8. The Labute approximate surface area is 113 Å². The van der Waals surface area contributed by atoms with Crippen molar-refractivity contribution >= 4 is 11.6 Å². The van der Waals surface area contributed by atoms with E-state index in [1.54, 1.807) is 25.2 Å². The minimum Gasteiger partial charge on any atom is -0.494 e. The van der Waals surface area contributed by atoms with Crippen molar-refractivity contribution in [2.24, 2.45) is 0 Å². The molecule has 0 radical (unpaired) electrons. The van der Waals surface area contributed by atoms with Gasteiger partial charge >= 0.3 is 0 Å². The molecule has 0 aromatic heterocycles. The van der Waals surface area contributed by atoms with Crippen LogP contribution in [-0.4, -0.2) is 30.5 Å². The predicted octanol–water partition coefficient (Wildman–Crippen LogP) is 2.04. The van der Waals surface area contributed by atoms with E-state index in [0.717, 1.165) is 0 Å². The number of carbonyl (C=O) groups is 1. The highest BCUT2D eigenvalue weighted by Gasteiger charge is 2.18. The third-order valence-electron chi connectivity index (χ3n) is 2.86. The zero-order valence-electron chi connectivity index (χ0n) is 11.5. The maximum atomic E-state index is 12.3. The number of ether oxygens (including phenoxy) is 1. The summed E-state index contributed by atoms with van der Waals surface area (Å²) in [5.41, 5.74) is 6.71. The number of rotatable bonds is 5. The monoisotopic (exact) mass is 261 g/mol. The maximum absolute atomic E-state index is 12.3. The molecule has 2 N–H and O–H groups in total. The van der Waals surface area contributed by atoms with Crippen LogP contribution in [0.1, 0.15) is 30.6 Å². The molecule has 5 nitrogen and oxygen atoms in total. The molecule has 0 heterocycles. The molecule has 0 spiro atoms. The maximum Gasteiger partial charge on any atom is 0.254 e. The summed E-state index contributed by atoms with van der Waals surface area (Å²) in [6.45, 7) is 4.21. The van der Waals surface area contributed by atoms with Crippen LogP contribution in [0, 0.1) is 11.3 Å². The van der Waals surface area contributed by atoms with Gasteiger partial charge in [-0.05, 0) is 26.0 Å². The van der Waals surface area contributed by atoms with Crippen LogP contribution in [0.25, 0.3) is 0 Å². The van der Waals surface area contributed by atoms with Crippen molar-refractivity contribution < 1.29 is 9.53 Å². The van der Waals surface area contributed by atoms with E-state index in [9.17, 15) is 4.79 Å². The van der Waals surface area contributed by atoms with Crippen LogP contribution >= 0.6 is 0 Å². The Balaban J connectivity index is 2.96. The summed E-state index contributed by atoms with van der Waals surface area (Å²) in [6.07, 6.45) is 0.295. The number of nitrogen functional groups attached to an aromatic ring is 1. The van der Waals surface area contributed by atoms with Crippen molar-refractivity contribution in [1.29, 1.82) is 5.26 Å². The van der Waals surface area contributed by atoms with Crippen molar-refractivity contribution in [2.45, 2.75) is 26.3 Å². The Hall–Kier alpha value is -2.22. The van der Waals surface area contributed by atoms with Crippen LogP contribution in [-0.2, 0) is 0 Å². The van der Waals surface area contributed by atoms with Gasteiger partial charge in [0.15, 0.2) is 0 Å². The van der Waals surface area contributed by atoms with Gasteiger partial charge in [0, 0.05) is 30.4 Å². The molecule has 1 rings (SSSR count). The molecule has 0 saturated heterocycles. The third kappa shape index (κ3) is 3.88. The summed E-state index contributed by atoms with van der Waals surface area (Å²) in [5, 5.41) is 8.67. The molecule has 5 heteroatoms. The molecule has 0 aliphatic heterocycles. The van der Waals surface area contributed by atoms with Crippen LogP contribution in [0.5, 0.6) is 5.75 Å². The van der Waals surface area contributed by atoms with E-state index in [1.807, 2.05) is 13.8 Å². The lowest BCUT2D eigenvalue weighted by Gasteiger charge is -2.23. The Kier molecular flexibility index (Phi) is 5.19. The molecule has 1 unspecified atom stereocenters. The van der Waals surface area contributed by atoms with E-state index in [-0.39, 0.29) is 11.9 Å². The predicted molar refractivity (Wildman–Crippen MR) is 73.8 cm³/mol. The van der Waals surface area contributed by atoms with Crippen molar-refractivity contribution in [2.75, 3.05) is 19.4 Å². The van der Waals surface area contributed by atoms with Gasteiger partial charge in [-0.3, -0.25) is 4.79 Å². The average Bonchev–Trinajstić information content (AvgIpc) is 2.37. The number of anilines is 1. The van der Waals surface area contributed by atoms with E-state index < -0.39 is 0 Å². The fourth-order valence-corrected chi connectivity index (χ4v) is 1.67. The molecule has 0 fully saturated rings. The molecule has 0 bridgehead atoms. The fourth-order valence-electron chi connectivity index (χ4n) is 1.67. The van der Waals surface area contributed by atoms with Gasteiger partial charge in [0.1, 0.15) is 5.75 Å². The van der Waals surface area contributed by atoms with E-state index >= 15 is 0 Å². The highest BCUT2D eigenvalue weighted by atomic mass is 16.5. The van der Waals surface area contributed by atoms with Gasteiger partial charge < -0.3 is 15.4 Å². The summed E-state index contributed by atoms with van der Waals surface area (Å²) in [6, 6.07) is 6.87. The zero-order valence-corrected chi connectivity index (χ0v) is 11.5. The van der Waals surface area contributed by atoms with Gasteiger partial charge in [-0.1, -0.05) is 0 Å². The molecule has 19 heavy (non-hydrogen) atoms. The van der Waals surface area contributed by atoms with Crippen LogP contribution in [0.3, 0.4) is 0 Å². The second-order valence-corrected chi connectivity index (χ2v) is 4.35. The van der Waals surface area contributed by atoms with Crippen molar-refractivity contribution in [3.63, 3.8) is 0 Å². The largest absolute Gasteiger partial charge is 0.494 e. The normalized spacial score (nSPS) is 11.5. The van der Waals surface area contributed by atoms with Crippen molar-refractivity contribution in [1.82, 2.24) is 4.90 Å². The van der Waals surface area contributed by atoms with Crippen LogP contribution in [0.4, 0.5) is 5.69 Å². The quantitative estimate of drug-likeness (QED) is 0.822. The van der Waals surface area contributed by atoms with Crippen LogP contribution < -0.4 is 10.5 Å². The molecule has 0 aliphatic rings.